The molecule has 156 valence electrons. The average molecular weight is 406 g/mol. The van der Waals surface area contributed by atoms with Crippen LogP contribution in [0.5, 0.6) is 5.75 Å². The molecule has 0 bridgehead atoms. The standard InChI is InChI=1S/C21H35BO5Si/c1-19(2,3)28(8,9)25-17-14-15(10-11-16(17)18-23-12-13-24-18)22-26-20(4,5)21(6,7)27-22/h10-11,14,18H,12-13H2,1-9H3. The Morgan fingerprint density at radius 1 is 1.00 bits per heavy atom. The highest BCUT2D eigenvalue weighted by atomic mass is 28.4. The second-order valence-electron chi connectivity index (χ2n) is 10.3. The van der Waals surface area contributed by atoms with Crippen molar-refractivity contribution in [3.8, 4) is 5.75 Å². The van der Waals surface area contributed by atoms with Crippen molar-refractivity contribution in [1.29, 1.82) is 0 Å². The molecule has 0 spiro atoms. The van der Waals surface area contributed by atoms with Crippen molar-refractivity contribution in [2.24, 2.45) is 0 Å². The molecule has 0 aliphatic carbocycles. The lowest BCUT2D eigenvalue weighted by Crippen LogP contribution is -2.44. The number of rotatable bonds is 4. The van der Waals surface area contributed by atoms with E-state index in [0.29, 0.717) is 13.2 Å². The van der Waals surface area contributed by atoms with E-state index in [-0.39, 0.29) is 22.5 Å². The molecule has 0 aromatic heterocycles. The van der Waals surface area contributed by atoms with Crippen molar-refractivity contribution < 1.29 is 23.2 Å². The zero-order valence-electron chi connectivity index (χ0n) is 18.8. The van der Waals surface area contributed by atoms with Gasteiger partial charge in [-0.25, -0.2) is 0 Å². The Labute approximate surface area is 171 Å². The molecule has 0 atom stereocenters. The lowest BCUT2D eigenvalue weighted by molar-refractivity contribution is -0.0450. The van der Waals surface area contributed by atoms with Gasteiger partial charge in [0, 0.05) is 5.56 Å². The zero-order chi connectivity index (χ0) is 21.0. The summed E-state index contributed by atoms with van der Waals surface area (Å²) in [4.78, 5) is 0. The van der Waals surface area contributed by atoms with Crippen molar-refractivity contribution in [3.63, 3.8) is 0 Å². The van der Waals surface area contributed by atoms with Crippen molar-refractivity contribution in [1.82, 2.24) is 0 Å². The first-order chi connectivity index (χ1) is 12.7. The predicted molar refractivity (Wildman–Crippen MR) is 115 cm³/mol. The third-order valence-corrected chi connectivity index (χ3v) is 11.0. The van der Waals surface area contributed by atoms with Gasteiger partial charge >= 0.3 is 7.12 Å². The minimum atomic E-state index is -2.04. The fourth-order valence-electron chi connectivity index (χ4n) is 2.93. The van der Waals surface area contributed by atoms with Gasteiger partial charge in [-0.2, -0.15) is 0 Å². The molecule has 5 nitrogen and oxygen atoms in total. The average Bonchev–Trinajstić information content (AvgIpc) is 3.12. The molecule has 2 saturated heterocycles. The number of hydrogen-bond donors (Lipinski definition) is 0. The molecule has 0 N–H and O–H groups in total. The first kappa shape index (κ1) is 21.8. The van der Waals surface area contributed by atoms with Crippen LogP contribution in [0.25, 0.3) is 0 Å². The van der Waals surface area contributed by atoms with E-state index in [4.69, 9.17) is 23.2 Å². The molecule has 0 saturated carbocycles. The number of benzene rings is 1. The quantitative estimate of drug-likeness (QED) is 0.693. The molecular formula is C21H35BO5Si. The highest BCUT2D eigenvalue weighted by molar-refractivity contribution is 6.74. The number of ether oxygens (including phenoxy) is 2. The zero-order valence-corrected chi connectivity index (χ0v) is 19.8. The molecule has 0 amide bonds. The van der Waals surface area contributed by atoms with Gasteiger partial charge in [-0.15, -0.1) is 0 Å². The Morgan fingerprint density at radius 2 is 1.54 bits per heavy atom. The minimum Gasteiger partial charge on any atom is -0.543 e. The molecule has 3 rings (SSSR count). The molecule has 28 heavy (non-hydrogen) atoms. The first-order valence-electron chi connectivity index (χ1n) is 10.2. The van der Waals surface area contributed by atoms with Crippen LogP contribution in [0.4, 0.5) is 0 Å². The Bertz CT molecular complexity index is 704. The van der Waals surface area contributed by atoms with Gasteiger partial charge in [0.15, 0.2) is 6.29 Å². The Balaban J connectivity index is 1.97. The summed E-state index contributed by atoms with van der Waals surface area (Å²) in [6.45, 7) is 20.7. The molecule has 7 heteroatoms. The summed E-state index contributed by atoms with van der Waals surface area (Å²) < 4.78 is 30.7. The van der Waals surface area contributed by atoms with Crippen LogP contribution in [0.1, 0.15) is 60.3 Å². The summed E-state index contributed by atoms with van der Waals surface area (Å²) in [5, 5.41) is 0.0853. The van der Waals surface area contributed by atoms with E-state index in [1.165, 1.54) is 0 Å². The van der Waals surface area contributed by atoms with Crippen molar-refractivity contribution in [3.05, 3.63) is 23.8 Å². The van der Waals surface area contributed by atoms with E-state index in [1.54, 1.807) is 0 Å². The summed E-state index contributed by atoms with van der Waals surface area (Å²) in [5.74, 6) is 0.811. The van der Waals surface area contributed by atoms with Gasteiger partial charge in [0.25, 0.3) is 0 Å². The second-order valence-corrected chi connectivity index (χ2v) is 15.0. The van der Waals surface area contributed by atoms with E-state index in [9.17, 15) is 0 Å². The van der Waals surface area contributed by atoms with E-state index < -0.39 is 15.4 Å². The van der Waals surface area contributed by atoms with Gasteiger partial charge in [-0.3, -0.25) is 0 Å². The molecule has 2 aliphatic heterocycles. The van der Waals surface area contributed by atoms with Crippen LogP contribution in [-0.4, -0.2) is 39.9 Å². The smallest absolute Gasteiger partial charge is 0.494 e. The third kappa shape index (κ3) is 4.05. The maximum atomic E-state index is 6.68. The van der Waals surface area contributed by atoms with Crippen molar-refractivity contribution >= 4 is 20.9 Å². The SMILES string of the molecule is CC1(C)OB(c2ccc(C3OCCO3)c(O[Si](C)(C)C(C)(C)C)c2)OC1(C)C. The molecule has 0 unspecified atom stereocenters. The Kier molecular flexibility index (Phi) is 5.56. The van der Waals surface area contributed by atoms with Crippen LogP contribution in [-0.2, 0) is 18.8 Å². The van der Waals surface area contributed by atoms with Gasteiger partial charge in [0.1, 0.15) is 5.75 Å². The summed E-state index contributed by atoms with van der Waals surface area (Å²) >= 11 is 0. The fourth-order valence-corrected chi connectivity index (χ4v) is 3.96. The Morgan fingerprint density at radius 3 is 2.04 bits per heavy atom. The second kappa shape index (κ2) is 7.13. The fraction of sp³-hybridized carbons (Fsp3) is 0.714. The van der Waals surface area contributed by atoms with E-state index >= 15 is 0 Å². The topological polar surface area (TPSA) is 46.2 Å². The molecule has 1 aromatic rings. The molecule has 0 radical (unpaired) electrons. The maximum Gasteiger partial charge on any atom is 0.494 e. The van der Waals surface area contributed by atoms with Crippen LogP contribution in [0.15, 0.2) is 18.2 Å². The molecule has 1 aromatic carbocycles. The van der Waals surface area contributed by atoms with Crippen LogP contribution in [0.2, 0.25) is 18.1 Å². The molecular weight excluding hydrogens is 371 g/mol. The molecule has 2 aliphatic rings. The normalized spacial score (nSPS) is 22.7. The monoisotopic (exact) mass is 406 g/mol. The lowest BCUT2D eigenvalue weighted by Gasteiger charge is -2.37. The highest BCUT2D eigenvalue weighted by Gasteiger charge is 2.52. The maximum absolute atomic E-state index is 6.68. The summed E-state index contributed by atoms with van der Waals surface area (Å²) in [6, 6.07) is 6.10. The van der Waals surface area contributed by atoms with E-state index in [2.05, 4.69) is 61.6 Å². The molecule has 2 heterocycles. The summed E-state index contributed by atoms with van der Waals surface area (Å²) in [7, 11) is -2.46. The van der Waals surface area contributed by atoms with Gasteiger partial charge in [-0.1, -0.05) is 32.9 Å². The summed E-state index contributed by atoms with van der Waals surface area (Å²) in [6.07, 6.45) is -0.382. The van der Waals surface area contributed by atoms with Gasteiger partial charge < -0.3 is 23.2 Å². The van der Waals surface area contributed by atoms with Crippen LogP contribution in [0.3, 0.4) is 0 Å². The van der Waals surface area contributed by atoms with Crippen molar-refractivity contribution in [2.45, 2.75) is 84.1 Å². The highest BCUT2D eigenvalue weighted by Crippen LogP contribution is 2.41. The van der Waals surface area contributed by atoms with Crippen LogP contribution >= 0.6 is 0 Å². The van der Waals surface area contributed by atoms with Crippen LogP contribution in [0, 0.1) is 0 Å². The third-order valence-electron chi connectivity index (χ3n) is 6.61. The number of hydrogen-bond acceptors (Lipinski definition) is 5. The van der Waals surface area contributed by atoms with E-state index in [0.717, 1.165) is 16.8 Å². The van der Waals surface area contributed by atoms with Crippen molar-refractivity contribution in [2.75, 3.05) is 13.2 Å². The predicted octanol–water partition coefficient (Wildman–Crippen LogP) is 4.42. The van der Waals surface area contributed by atoms with E-state index in [1.807, 2.05) is 18.2 Å². The minimum absolute atomic E-state index is 0.0853. The van der Waals surface area contributed by atoms with Crippen LogP contribution < -0.4 is 9.89 Å². The largest absolute Gasteiger partial charge is 0.543 e. The lowest BCUT2D eigenvalue weighted by atomic mass is 9.78. The Hall–Kier alpha value is -0.858. The molecule has 2 fully saturated rings. The van der Waals surface area contributed by atoms with Gasteiger partial charge in [0.2, 0.25) is 8.32 Å². The van der Waals surface area contributed by atoms with Gasteiger partial charge in [0.05, 0.1) is 24.4 Å². The summed E-state index contributed by atoms with van der Waals surface area (Å²) in [5.41, 5.74) is 1.12. The van der Waals surface area contributed by atoms with Gasteiger partial charge in [-0.05, 0) is 57.4 Å². The first-order valence-corrected chi connectivity index (χ1v) is 13.1.